The minimum Gasteiger partial charge on any atom is -0.102 e. The lowest BCUT2D eigenvalue weighted by molar-refractivity contribution is 1.01. The van der Waals surface area contributed by atoms with Crippen LogP contribution in [0.4, 0.5) is 0 Å². The van der Waals surface area contributed by atoms with Crippen molar-refractivity contribution in [2.75, 3.05) is 0 Å². The zero-order valence-electron chi connectivity index (χ0n) is 9.61. The van der Waals surface area contributed by atoms with E-state index in [4.69, 9.17) is 0 Å². The molecule has 0 heterocycles. The Morgan fingerprint density at radius 3 is 2.75 bits per heavy atom. The van der Waals surface area contributed by atoms with Gasteiger partial charge in [0.15, 0.2) is 0 Å². The van der Waals surface area contributed by atoms with E-state index in [9.17, 15) is 0 Å². The molecule has 2 rings (SSSR count). The van der Waals surface area contributed by atoms with E-state index in [2.05, 4.69) is 62.6 Å². The number of hydrogen-bond acceptors (Lipinski definition) is 0. The summed E-state index contributed by atoms with van der Waals surface area (Å²) in [5.41, 5.74) is 4.86. The summed E-state index contributed by atoms with van der Waals surface area (Å²) in [7, 11) is 0. The first-order valence-corrected chi connectivity index (χ1v) is 5.49. The third-order valence-electron chi connectivity index (χ3n) is 2.86. The number of aryl methyl sites for hydroxylation is 1. The van der Waals surface area contributed by atoms with Gasteiger partial charge in [-0.25, -0.2) is 0 Å². The summed E-state index contributed by atoms with van der Waals surface area (Å²) in [6.07, 6.45) is 8.35. The van der Waals surface area contributed by atoms with Gasteiger partial charge in [-0.15, -0.1) is 6.58 Å². The normalized spacial score (nSPS) is 19.4. The maximum atomic E-state index is 4.07. The van der Waals surface area contributed by atoms with E-state index < -0.39 is 0 Å². The predicted octanol–water partition coefficient (Wildman–Crippen LogP) is 4.31. The fourth-order valence-electron chi connectivity index (χ4n) is 1.91. The summed E-state index contributed by atoms with van der Waals surface area (Å²) in [6.45, 7) is 9.98. The summed E-state index contributed by atoms with van der Waals surface area (Å²) in [5.74, 6) is 0.286. The first-order valence-electron chi connectivity index (χ1n) is 5.49. The van der Waals surface area contributed by atoms with Gasteiger partial charge in [0.1, 0.15) is 0 Å². The fraction of sp³-hybridized carbons (Fsp3) is 0.125. The molecular weight excluding hydrogens is 192 g/mol. The average molecular weight is 208 g/mol. The first kappa shape index (κ1) is 10.7. The monoisotopic (exact) mass is 208 g/mol. The summed E-state index contributed by atoms with van der Waals surface area (Å²) < 4.78 is 0. The van der Waals surface area contributed by atoms with Crippen molar-refractivity contribution in [3.63, 3.8) is 0 Å². The molecular formula is C16H16. The molecule has 0 amide bonds. The quantitative estimate of drug-likeness (QED) is 0.635. The lowest BCUT2D eigenvalue weighted by Gasteiger charge is -2.15. The van der Waals surface area contributed by atoms with Crippen molar-refractivity contribution in [2.45, 2.75) is 6.92 Å². The van der Waals surface area contributed by atoms with Crippen LogP contribution in [0.1, 0.15) is 11.1 Å². The van der Waals surface area contributed by atoms with Crippen LogP contribution in [0, 0.1) is 12.8 Å². The maximum Gasteiger partial charge on any atom is 0.0193 e. The second kappa shape index (κ2) is 4.36. The number of benzene rings is 1. The lowest BCUT2D eigenvalue weighted by Crippen LogP contribution is -1.99. The molecule has 0 saturated carbocycles. The highest BCUT2D eigenvalue weighted by atomic mass is 14.1. The molecule has 0 heteroatoms. The van der Waals surface area contributed by atoms with Gasteiger partial charge in [0.25, 0.3) is 0 Å². The highest BCUT2D eigenvalue weighted by Gasteiger charge is 2.09. The smallest absolute Gasteiger partial charge is 0.0193 e. The standard InChI is InChI=1S/C16H16/c1-4-14-8-9-16(11-13(14)3)15-7-5-6-12(2)10-15/h4-11,14H,1,3H2,2H3. The Balaban J connectivity index is 2.34. The van der Waals surface area contributed by atoms with E-state index >= 15 is 0 Å². The van der Waals surface area contributed by atoms with Gasteiger partial charge in [0, 0.05) is 5.92 Å². The molecule has 0 fully saturated rings. The Morgan fingerprint density at radius 1 is 1.31 bits per heavy atom. The number of allylic oxidation sites excluding steroid dienone is 6. The van der Waals surface area contributed by atoms with Gasteiger partial charge in [0.2, 0.25) is 0 Å². The van der Waals surface area contributed by atoms with Gasteiger partial charge in [-0.3, -0.25) is 0 Å². The highest BCUT2D eigenvalue weighted by molar-refractivity contribution is 5.78. The maximum absolute atomic E-state index is 4.07. The van der Waals surface area contributed by atoms with Gasteiger partial charge in [-0.05, 0) is 23.6 Å². The van der Waals surface area contributed by atoms with Gasteiger partial charge >= 0.3 is 0 Å². The lowest BCUT2D eigenvalue weighted by atomic mass is 9.89. The zero-order valence-corrected chi connectivity index (χ0v) is 9.61. The molecule has 0 aromatic heterocycles. The number of rotatable bonds is 2. The Kier molecular flexibility index (Phi) is 2.91. The van der Waals surface area contributed by atoms with Crippen LogP contribution in [-0.4, -0.2) is 0 Å². The van der Waals surface area contributed by atoms with E-state index in [-0.39, 0.29) is 5.92 Å². The molecule has 0 nitrogen and oxygen atoms in total. The van der Waals surface area contributed by atoms with Crippen LogP contribution in [-0.2, 0) is 0 Å². The largest absolute Gasteiger partial charge is 0.102 e. The minimum absolute atomic E-state index is 0.286. The molecule has 16 heavy (non-hydrogen) atoms. The van der Waals surface area contributed by atoms with Crippen LogP contribution in [0.15, 0.2) is 67.3 Å². The molecule has 0 spiro atoms. The molecule has 1 aliphatic rings. The highest BCUT2D eigenvalue weighted by Crippen LogP contribution is 2.27. The van der Waals surface area contributed by atoms with Gasteiger partial charge < -0.3 is 0 Å². The summed E-state index contributed by atoms with van der Waals surface area (Å²) in [4.78, 5) is 0. The first-order chi connectivity index (χ1) is 7.70. The second-order valence-electron chi connectivity index (χ2n) is 4.16. The predicted molar refractivity (Wildman–Crippen MR) is 71.1 cm³/mol. The Bertz CT molecular complexity index is 487. The molecule has 80 valence electrons. The zero-order chi connectivity index (χ0) is 11.5. The van der Waals surface area contributed by atoms with Crippen molar-refractivity contribution in [3.05, 3.63) is 78.4 Å². The molecule has 0 N–H and O–H groups in total. The van der Waals surface area contributed by atoms with E-state index in [1.54, 1.807) is 0 Å². The van der Waals surface area contributed by atoms with Gasteiger partial charge in [0.05, 0.1) is 0 Å². The average Bonchev–Trinajstić information content (AvgIpc) is 2.29. The third kappa shape index (κ3) is 2.06. The second-order valence-corrected chi connectivity index (χ2v) is 4.16. The van der Waals surface area contributed by atoms with Crippen LogP contribution in [0.25, 0.3) is 5.57 Å². The Hall–Kier alpha value is -1.82. The molecule has 1 aromatic rings. The Morgan fingerprint density at radius 2 is 2.12 bits per heavy atom. The molecule has 1 unspecified atom stereocenters. The van der Waals surface area contributed by atoms with Crippen molar-refractivity contribution in [1.82, 2.24) is 0 Å². The van der Waals surface area contributed by atoms with Gasteiger partial charge in [-0.1, -0.05) is 60.7 Å². The molecule has 0 saturated heterocycles. The molecule has 0 radical (unpaired) electrons. The van der Waals surface area contributed by atoms with E-state index in [1.165, 1.54) is 16.7 Å². The van der Waals surface area contributed by atoms with Crippen molar-refractivity contribution in [1.29, 1.82) is 0 Å². The number of hydrogen-bond donors (Lipinski definition) is 0. The van der Waals surface area contributed by atoms with Crippen LogP contribution in [0.5, 0.6) is 0 Å². The topological polar surface area (TPSA) is 0 Å². The van der Waals surface area contributed by atoms with Crippen molar-refractivity contribution < 1.29 is 0 Å². The van der Waals surface area contributed by atoms with Crippen LogP contribution >= 0.6 is 0 Å². The summed E-state index contributed by atoms with van der Waals surface area (Å²) >= 11 is 0. The van der Waals surface area contributed by atoms with Crippen LogP contribution in [0.3, 0.4) is 0 Å². The molecule has 1 atom stereocenters. The van der Waals surface area contributed by atoms with E-state index in [0.29, 0.717) is 0 Å². The molecule has 0 bridgehead atoms. The molecule has 1 aliphatic carbocycles. The van der Waals surface area contributed by atoms with Crippen LogP contribution in [0.2, 0.25) is 0 Å². The summed E-state index contributed by atoms with van der Waals surface area (Å²) in [6, 6.07) is 8.52. The van der Waals surface area contributed by atoms with Crippen molar-refractivity contribution >= 4 is 5.57 Å². The van der Waals surface area contributed by atoms with Crippen molar-refractivity contribution in [2.24, 2.45) is 5.92 Å². The summed E-state index contributed by atoms with van der Waals surface area (Å²) in [5, 5.41) is 0. The SMILES string of the molecule is C=CC1C=CC(c2cccc(C)c2)=CC1=C. The van der Waals surface area contributed by atoms with E-state index in [0.717, 1.165) is 5.57 Å². The minimum atomic E-state index is 0.286. The van der Waals surface area contributed by atoms with Crippen LogP contribution < -0.4 is 0 Å². The fourth-order valence-corrected chi connectivity index (χ4v) is 1.91. The Labute approximate surface area is 97.3 Å². The molecule has 0 aliphatic heterocycles. The van der Waals surface area contributed by atoms with Gasteiger partial charge in [-0.2, -0.15) is 0 Å². The molecule has 1 aromatic carbocycles. The third-order valence-corrected chi connectivity index (χ3v) is 2.86. The van der Waals surface area contributed by atoms with Crippen molar-refractivity contribution in [3.8, 4) is 0 Å². The van der Waals surface area contributed by atoms with E-state index in [1.807, 2.05) is 6.08 Å².